The third-order valence-electron chi connectivity index (χ3n) is 2.42. The monoisotopic (exact) mass is 203 g/mol. The van der Waals surface area contributed by atoms with Gasteiger partial charge in [0, 0.05) is 13.0 Å². The van der Waals surface area contributed by atoms with Crippen LogP contribution in [0.1, 0.15) is 24.3 Å². The van der Waals surface area contributed by atoms with Gasteiger partial charge in [0.2, 0.25) is 0 Å². The second-order valence-corrected chi connectivity index (χ2v) is 3.49. The molecule has 0 fully saturated rings. The van der Waals surface area contributed by atoms with E-state index in [1.165, 1.54) is 0 Å². The van der Waals surface area contributed by atoms with E-state index in [1.54, 1.807) is 6.08 Å². The predicted molar refractivity (Wildman–Crippen MR) is 62.7 cm³/mol. The summed E-state index contributed by atoms with van der Waals surface area (Å²) in [6.07, 6.45) is 3.01. The van der Waals surface area contributed by atoms with Crippen molar-refractivity contribution in [3.05, 3.63) is 48.6 Å². The molecule has 0 radical (unpaired) electrons. The van der Waals surface area contributed by atoms with Crippen LogP contribution in [0.3, 0.4) is 0 Å². The van der Waals surface area contributed by atoms with Crippen molar-refractivity contribution < 1.29 is 4.79 Å². The second kappa shape index (κ2) is 6.14. The minimum Gasteiger partial charge on any atom is -0.329 e. The van der Waals surface area contributed by atoms with Crippen LogP contribution in [0.4, 0.5) is 0 Å². The molecule has 1 aromatic rings. The Kier molecular flexibility index (Phi) is 4.78. The van der Waals surface area contributed by atoms with Crippen molar-refractivity contribution in [2.75, 3.05) is 6.54 Å². The highest BCUT2D eigenvalue weighted by molar-refractivity contribution is 5.86. The summed E-state index contributed by atoms with van der Waals surface area (Å²) in [5, 5.41) is 0. The second-order valence-electron chi connectivity index (χ2n) is 3.49. The molecule has 2 nitrogen and oxygen atoms in total. The Labute approximate surface area is 90.8 Å². The number of rotatable bonds is 6. The maximum absolute atomic E-state index is 11.8. The maximum Gasteiger partial charge on any atom is 0.141 e. The molecule has 0 bridgehead atoms. The van der Waals surface area contributed by atoms with Crippen molar-refractivity contribution in [1.82, 2.24) is 0 Å². The predicted octanol–water partition coefficient (Wildman–Crippen LogP) is 2.26. The van der Waals surface area contributed by atoms with Crippen LogP contribution in [0.25, 0.3) is 0 Å². The summed E-state index contributed by atoms with van der Waals surface area (Å²) in [5.74, 6) is 0.0368. The summed E-state index contributed by atoms with van der Waals surface area (Å²) in [4.78, 5) is 11.8. The van der Waals surface area contributed by atoms with E-state index >= 15 is 0 Å². The molecule has 0 spiro atoms. The van der Waals surface area contributed by atoms with Gasteiger partial charge in [0.1, 0.15) is 5.78 Å². The molecular weight excluding hydrogens is 186 g/mol. The summed E-state index contributed by atoms with van der Waals surface area (Å²) in [5.41, 5.74) is 6.64. The van der Waals surface area contributed by atoms with Gasteiger partial charge in [0.25, 0.3) is 0 Å². The van der Waals surface area contributed by atoms with E-state index in [4.69, 9.17) is 5.73 Å². The van der Waals surface area contributed by atoms with Crippen LogP contribution in [-0.4, -0.2) is 12.3 Å². The number of hydrogen-bond donors (Lipinski definition) is 1. The van der Waals surface area contributed by atoms with Crippen molar-refractivity contribution in [1.29, 1.82) is 0 Å². The maximum atomic E-state index is 11.8. The summed E-state index contributed by atoms with van der Waals surface area (Å²) in [6.45, 7) is 3.98. The van der Waals surface area contributed by atoms with Gasteiger partial charge in [-0.1, -0.05) is 36.4 Å². The van der Waals surface area contributed by atoms with Crippen LogP contribution in [0.2, 0.25) is 0 Å². The summed E-state index contributed by atoms with van der Waals surface area (Å²) < 4.78 is 0. The molecule has 0 aliphatic heterocycles. The zero-order chi connectivity index (χ0) is 11.1. The molecule has 1 rings (SSSR count). The minimum absolute atomic E-state index is 0.161. The molecule has 0 amide bonds. The molecule has 0 saturated carbocycles. The average Bonchev–Trinajstić information content (AvgIpc) is 2.29. The third kappa shape index (κ3) is 3.33. The molecule has 1 unspecified atom stereocenters. The molecule has 0 aliphatic carbocycles. The highest BCUT2D eigenvalue weighted by atomic mass is 16.1. The van der Waals surface area contributed by atoms with E-state index in [1.807, 2.05) is 30.3 Å². The first-order chi connectivity index (χ1) is 7.29. The minimum atomic E-state index is -0.161. The Balaban J connectivity index is 2.71. The SMILES string of the molecule is C=CCCC(=O)C(CN)c1ccccc1. The van der Waals surface area contributed by atoms with Crippen molar-refractivity contribution in [2.45, 2.75) is 18.8 Å². The van der Waals surface area contributed by atoms with Gasteiger partial charge in [-0.05, 0) is 12.0 Å². The number of ketones is 1. The Morgan fingerprint density at radius 1 is 1.40 bits per heavy atom. The van der Waals surface area contributed by atoms with Gasteiger partial charge in [-0.3, -0.25) is 4.79 Å². The first-order valence-corrected chi connectivity index (χ1v) is 5.18. The van der Waals surface area contributed by atoms with Gasteiger partial charge in [0.05, 0.1) is 5.92 Å². The summed E-state index contributed by atoms with van der Waals surface area (Å²) >= 11 is 0. The molecule has 2 N–H and O–H groups in total. The fourth-order valence-corrected chi connectivity index (χ4v) is 1.56. The van der Waals surface area contributed by atoms with E-state index < -0.39 is 0 Å². The fourth-order valence-electron chi connectivity index (χ4n) is 1.56. The Morgan fingerprint density at radius 3 is 2.60 bits per heavy atom. The number of hydrogen-bond acceptors (Lipinski definition) is 2. The topological polar surface area (TPSA) is 43.1 Å². The quantitative estimate of drug-likeness (QED) is 0.721. The molecule has 0 heterocycles. The molecule has 80 valence electrons. The van der Waals surface area contributed by atoms with Crippen LogP contribution in [-0.2, 0) is 4.79 Å². The van der Waals surface area contributed by atoms with Gasteiger partial charge < -0.3 is 5.73 Å². The number of allylic oxidation sites excluding steroid dienone is 1. The lowest BCUT2D eigenvalue weighted by molar-refractivity contribution is -0.120. The van der Waals surface area contributed by atoms with Crippen LogP contribution >= 0.6 is 0 Å². The van der Waals surface area contributed by atoms with E-state index in [9.17, 15) is 4.79 Å². The summed E-state index contributed by atoms with van der Waals surface area (Å²) in [6, 6.07) is 9.69. The number of Topliss-reactive ketones (excluding diaryl/α,β-unsaturated/α-hetero) is 1. The zero-order valence-electron chi connectivity index (χ0n) is 8.86. The van der Waals surface area contributed by atoms with Crippen LogP contribution in [0, 0.1) is 0 Å². The molecule has 1 atom stereocenters. The Morgan fingerprint density at radius 2 is 2.07 bits per heavy atom. The standard InChI is InChI=1S/C13H17NO/c1-2-3-9-13(15)12(10-14)11-7-5-4-6-8-11/h2,4-8,12H,1,3,9-10,14H2. The highest BCUT2D eigenvalue weighted by Gasteiger charge is 2.17. The third-order valence-corrected chi connectivity index (χ3v) is 2.42. The van der Waals surface area contributed by atoms with Crippen LogP contribution in [0.5, 0.6) is 0 Å². The normalized spacial score (nSPS) is 12.1. The first kappa shape index (κ1) is 11.7. The lowest BCUT2D eigenvalue weighted by atomic mass is 9.92. The molecule has 0 aromatic heterocycles. The Bertz CT molecular complexity index is 319. The molecule has 2 heteroatoms. The number of carbonyl (C=O) groups excluding carboxylic acids is 1. The van der Waals surface area contributed by atoms with Crippen molar-refractivity contribution in [3.63, 3.8) is 0 Å². The van der Waals surface area contributed by atoms with Crippen LogP contribution in [0.15, 0.2) is 43.0 Å². The van der Waals surface area contributed by atoms with Crippen LogP contribution < -0.4 is 5.73 Å². The largest absolute Gasteiger partial charge is 0.329 e. The van der Waals surface area contributed by atoms with Gasteiger partial charge in [-0.15, -0.1) is 6.58 Å². The number of carbonyl (C=O) groups is 1. The van der Waals surface area contributed by atoms with Crippen molar-refractivity contribution in [3.8, 4) is 0 Å². The summed E-state index contributed by atoms with van der Waals surface area (Å²) in [7, 11) is 0. The lowest BCUT2D eigenvalue weighted by Crippen LogP contribution is -2.21. The van der Waals surface area contributed by atoms with Gasteiger partial charge >= 0.3 is 0 Å². The molecule has 1 aromatic carbocycles. The molecular formula is C13H17NO. The fraction of sp³-hybridized carbons (Fsp3) is 0.308. The van der Waals surface area contributed by atoms with E-state index in [2.05, 4.69) is 6.58 Å². The highest BCUT2D eigenvalue weighted by Crippen LogP contribution is 2.17. The van der Waals surface area contributed by atoms with E-state index in [-0.39, 0.29) is 11.7 Å². The van der Waals surface area contributed by atoms with Gasteiger partial charge in [0.15, 0.2) is 0 Å². The van der Waals surface area contributed by atoms with Gasteiger partial charge in [-0.25, -0.2) is 0 Å². The average molecular weight is 203 g/mol. The molecule has 15 heavy (non-hydrogen) atoms. The smallest absolute Gasteiger partial charge is 0.141 e. The van der Waals surface area contributed by atoms with Crippen molar-refractivity contribution in [2.24, 2.45) is 5.73 Å². The molecule has 0 saturated heterocycles. The van der Waals surface area contributed by atoms with Crippen molar-refractivity contribution >= 4 is 5.78 Å². The van der Waals surface area contributed by atoms with E-state index in [0.717, 1.165) is 12.0 Å². The first-order valence-electron chi connectivity index (χ1n) is 5.18. The number of benzene rings is 1. The number of nitrogens with two attached hydrogens (primary N) is 1. The lowest BCUT2D eigenvalue weighted by Gasteiger charge is -2.13. The Hall–Kier alpha value is -1.41. The zero-order valence-corrected chi connectivity index (χ0v) is 8.86. The van der Waals surface area contributed by atoms with E-state index in [0.29, 0.717) is 13.0 Å². The van der Waals surface area contributed by atoms with Gasteiger partial charge in [-0.2, -0.15) is 0 Å². The molecule has 0 aliphatic rings.